The molecule has 0 spiro atoms. The van der Waals surface area contributed by atoms with E-state index >= 15 is 0 Å². The Hall–Kier alpha value is -2.17. The van der Waals surface area contributed by atoms with E-state index in [0.717, 1.165) is 0 Å². The van der Waals surface area contributed by atoms with E-state index < -0.39 is 10.3 Å². The summed E-state index contributed by atoms with van der Waals surface area (Å²) in [5.74, 6) is -0.607. The average Bonchev–Trinajstić information content (AvgIpc) is 2.90. The van der Waals surface area contributed by atoms with Crippen molar-refractivity contribution in [2.75, 3.05) is 7.11 Å². The van der Waals surface area contributed by atoms with Gasteiger partial charge in [-0.2, -0.15) is 0 Å². The number of fused-ring (bicyclic) bond motifs is 1. The second-order valence-electron chi connectivity index (χ2n) is 5.04. The predicted octanol–water partition coefficient (Wildman–Crippen LogP) is 4.34. The number of halogens is 2. The molecule has 0 radical (unpaired) electrons. The molecule has 4 nitrogen and oxygen atoms in total. The number of aromatic hydroxyl groups is 1. The Kier molecular flexibility index (Phi) is 3.96. The maximum Gasteiger partial charge on any atom is 0.337 e. The fourth-order valence-electron chi connectivity index (χ4n) is 2.54. The fraction of sp³-hybridized carbons (Fsp3) is 0.118. The van der Waals surface area contributed by atoms with E-state index in [1.54, 1.807) is 30.3 Å². The van der Waals surface area contributed by atoms with Crippen LogP contribution in [0, 0.1) is 0 Å². The number of hydrogen-bond acceptors (Lipinski definition) is 3. The summed E-state index contributed by atoms with van der Waals surface area (Å²) in [6.07, 6.45) is 0. The normalized spacial score (nSPS) is 11.6. The van der Waals surface area contributed by atoms with Gasteiger partial charge in [-0.05, 0) is 17.7 Å². The van der Waals surface area contributed by atoms with E-state index in [2.05, 4.69) is 4.98 Å². The third-order valence-electron chi connectivity index (χ3n) is 3.65. The van der Waals surface area contributed by atoms with Crippen LogP contribution in [0.4, 0.5) is 0 Å². The summed E-state index contributed by atoms with van der Waals surface area (Å²) in [5.41, 5.74) is 1.89. The maximum atomic E-state index is 11.6. The maximum absolute atomic E-state index is 11.6. The number of rotatable bonds is 3. The van der Waals surface area contributed by atoms with E-state index in [-0.39, 0.29) is 5.88 Å². The number of methoxy groups -OCH3 is 1. The van der Waals surface area contributed by atoms with Crippen LogP contribution >= 0.6 is 23.2 Å². The lowest BCUT2D eigenvalue weighted by atomic mass is 10.0. The van der Waals surface area contributed by atoms with Crippen molar-refractivity contribution in [2.24, 2.45) is 0 Å². The van der Waals surface area contributed by atoms with Crippen LogP contribution in [0.1, 0.15) is 21.5 Å². The number of hydrogen-bond donors (Lipinski definition) is 2. The molecule has 3 aromatic rings. The van der Waals surface area contributed by atoms with Gasteiger partial charge in [0.1, 0.15) is 0 Å². The molecule has 6 heteroatoms. The summed E-state index contributed by atoms with van der Waals surface area (Å²) in [6, 6.07) is 13.9. The zero-order valence-electron chi connectivity index (χ0n) is 12.1. The monoisotopic (exact) mass is 349 g/mol. The molecule has 3 rings (SSSR count). The molecule has 0 atom stereocenters. The number of H-pyrrole nitrogens is 1. The zero-order chi connectivity index (χ0) is 16.6. The minimum atomic E-state index is -1.43. The molecule has 0 bridgehead atoms. The Labute approximate surface area is 142 Å². The quantitative estimate of drug-likeness (QED) is 0.546. The fourth-order valence-corrected chi connectivity index (χ4v) is 3.17. The highest BCUT2D eigenvalue weighted by Crippen LogP contribution is 2.47. The Morgan fingerprint density at radius 1 is 1.17 bits per heavy atom. The highest BCUT2D eigenvalue weighted by Gasteiger charge is 2.35. The standard InChI is InChI=1S/C17H13Cl2NO3/c1-23-16(22)10-7-8-12-13(9-10)20-15(21)14(12)17(18,19)11-5-3-2-4-6-11/h2-9,20-21H,1H3. The van der Waals surface area contributed by atoms with Crippen LogP contribution in [-0.2, 0) is 9.07 Å². The first-order valence-corrected chi connectivity index (χ1v) is 7.57. The van der Waals surface area contributed by atoms with E-state index in [4.69, 9.17) is 27.9 Å². The molecular weight excluding hydrogens is 337 g/mol. The van der Waals surface area contributed by atoms with Crippen molar-refractivity contribution in [3.63, 3.8) is 0 Å². The van der Waals surface area contributed by atoms with Gasteiger partial charge in [0, 0.05) is 10.9 Å². The molecule has 0 unspecified atom stereocenters. The highest BCUT2D eigenvalue weighted by atomic mass is 35.5. The van der Waals surface area contributed by atoms with Gasteiger partial charge in [0.05, 0.1) is 18.2 Å². The molecule has 0 amide bonds. The first-order chi connectivity index (χ1) is 10.9. The number of ether oxygens (including phenoxy) is 1. The van der Waals surface area contributed by atoms with Crippen LogP contribution in [0.2, 0.25) is 0 Å². The molecular formula is C17H13Cl2NO3. The number of carbonyl (C=O) groups is 1. The van der Waals surface area contributed by atoms with E-state index in [1.807, 2.05) is 18.2 Å². The lowest BCUT2D eigenvalue weighted by Crippen LogP contribution is -2.12. The minimum absolute atomic E-state index is 0.143. The number of aromatic nitrogens is 1. The lowest BCUT2D eigenvalue weighted by molar-refractivity contribution is 0.0601. The molecule has 1 heterocycles. The third kappa shape index (κ3) is 2.64. The Balaban J connectivity index is 2.18. The zero-order valence-corrected chi connectivity index (χ0v) is 13.7. The van der Waals surface area contributed by atoms with Crippen LogP contribution in [0.5, 0.6) is 5.88 Å². The van der Waals surface area contributed by atoms with Gasteiger partial charge in [0.15, 0.2) is 10.2 Å². The number of esters is 1. The molecule has 0 saturated carbocycles. The van der Waals surface area contributed by atoms with Gasteiger partial charge in [0.25, 0.3) is 0 Å². The first-order valence-electron chi connectivity index (χ1n) is 6.82. The predicted molar refractivity (Wildman–Crippen MR) is 90.2 cm³/mol. The minimum Gasteiger partial charge on any atom is -0.494 e. The first kappa shape index (κ1) is 15.7. The summed E-state index contributed by atoms with van der Waals surface area (Å²) in [7, 11) is 1.31. The topological polar surface area (TPSA) is 62.3 Å². The highest BCUT2D eigenvalue weighted by molar-refractivity contribution is 6.50. The summed E-state index contributed by atoms with van der Waals surface area (Å²) in [6.45, 7) is 0. The van der Waals surface area contributed by atoms with E-state index in [9.17, 15) is 9.90 Å². The smallest absolute Gasteiger partial charge is 0.337 e. The molecule has 0 aliphatic rings. The molecule has 0 aliphatic heterocycles. The molecule has 23 heavy (non-hydrogen) atoms. The molecule has 118 valence electrons. The molecule has 0 fully saturated rings. The van der Waals surface area contributed by atoms with Gasteiger partial charge < -0.3 is 14.8 Å². The summed E-state index contributed by atoms with van der Waals surface area (Å²) >= 11 is 13.1. The van der Waals surface area contributed by atoms with Crippen molar-refractivity contribution < 1.29 is 14.6 Å². The van der Waals surface area contributed by atoms with E-state index in [0.29, 0.717) is 27.6 Å². The number of nitrogens with one attached hydrogen (secondary N) is 1. The van der Waals surface area contributed by atoms with Crippen molar-refractivity contribution in [1.82, 2.24) is 4.98 Å². The van der Waals surface area contributed by atoms with Gasteiger partial charge in [-0.15, -0.1) is 0 Å². The largest absolute Gasteiger partial charge is 0.494 e. The van der Waals surface area contributed by atoms with Gasteiger partial charge >= 0.3 is 5.97 Å². The van der Waals surface area contributed by atoms with Crippen LogP contribution in [0.15, 0.2) is 48.5 Å². The van der Waals surface area contributed by atoms with Crippen molar-refractivity contribution in [3.8, 4) is 5.88 Å². The van der Waals surface area contributed by atoms with Gasteiger partial charge in [-0.1, -0.05) is 59.6 Å². The lowest BCUT2D eigenvalue weighted by Gasteiger charge is -2.20. The third-order valence-corrected chi connectivity index (χ3v) is 4.46. The van der Waals surface area contributed by atoms with Gasteiger partial charge in [-0.25, -0.2) is 4.79 Å². The summed E-state index contributed by atoms with van der Waals surface area (Å²) < 4.78 is 3.26. The molecule has 0 aliphatic carbocycles. The SMILES string of the molecule is COC(=O)c1ccc2c(C(Cl)(Cl)c3ccccc3)c(O)[nH]c2c1. The van der Waals surface area contributed by atoms with Crippen molar-refractivity contribution in [3.05, 3.63) is 65.2 Å². The van der Waals surface area contributed by atoms with Crippen molar-refractivity contribution in [2.45, 2.75) is 4.33 Å². The van der Waals surface area contributed by atoms with Crippen LogP contribution in [0.3, 0.4) is 0 Å². The van der Waals surface area contributed by atoms with Crippen molar-refractivity contribution in [1.29, 1.82) is 0 Å². The number of benzene rings is 2. The molecule has 2 N–H and O–H groups in total. The average molecular weight is 350 g/mol. The van der Waals surface area contributed by atoms with E-state index in [1.165, 1.54) is 7.11 Å². The number of carbonyl (C=O) groups excluding carboxylic acids is 1. The second-order valence-corrected chi connectivity index (χ2v) is 6.37. The molecule has 0 saturated heterocycles. The van der Waals surface area contributed by atoms with Crippen molar-refractivity contribution >= 4 is 40.1 Å². The van der Waals surface area contributed by atoms with Crippen LogP contribution in [-0.4, -0.2) is 23.2 Å². The molecule has 1 aromatic heterocycles. The van der Waals surface area contributed by atoms with Gasteiger partial charge in [0.2, 0.25) is 0 Å². The summed E-state index contributed by atoms with van der Waals surface area (Å²) in [5, 5.41) is 10.9. The van der Waals surface area contributed by atoms with Crippen LogP contribution < -0.4 is 0 Å². The van der Waals surface area contributed by atoms with Crippen LogP contribution in [0.25, 0.3) is 10.9 Å². The Morgan fingerprint density at radius 2 is 1.87 bits per heavy atom. The Morgan fingerprint density at radius 3 is 2.52 bits per heavy atom. The number of aromatic amines is 1. The second kappa shape index (κ2) is 5.80. The van der Waals surface area contributed by atoms with Gasteiger partial charge in [-0.3, -0.25) is 0 Å². The number of alkyl halides is 2. The summed E-state index contributed by atoms with van der Waals surface area (Å²) in [4.78, 5) is 14.4. The molecule has 2 aromatic carbocycles. The Bertz CT molecular complexity index is 872.